The normalized spacial score (nSPS) is 19.9. The monoisotopic (exact) mass is 267 g/mol. The van der Waals surface area contributed by atoms with Gasteiger partial charge < -0.3 is 10.1 Å². The second-order valence-electron chi connectivity index (χ2n) is 5.23. The highest BCUT2D eigenvalue weighted by atomic mass is 35.5. The van der Waals surface area contributed by atoms with Crippen LogP contribution < -0.4 is 10.1 Å². The van der Waals surface area contributed by atoms with Gasteiger partial charge in [-0.25, -0.2) is 0 Å². The van der Waals surface area contributed by atoms with Crippen LogP contribution in [0.1, 0.15) is 29.5 Å². The summed E-state index contributed by atoms with van der Waals surface area (Å²) in [6.07, 6.45) is 3.61. The summed E-state index contributed by atoms with van der Waals surface area (Å²) in [5, 5.41) is 4.35. The molecule has 1 heterocycles. The van der Waals surface area contributed by atoms with Crippen molar-refractivity contribution in [3.63, 3.8) is 0 Å². The summed E-state index contributed by atoms with van der Waals surface area (Å²) in [6, 6.07) is 2.03. The first-order valence-electron chi connectivity index (χ1n) is 6.66. The third-order valence-corrected chi connectivity index (χ3v) is 4.22. The summed E-state index contributed by atoms with van der Waals surface area (Å²) in [5.74, 6) is 1.68. The van der Waals surface area contributed by atoms with Crippen LogP contribution >= 0.6 is 11.6 Å². The van der Waals surface area contributed by atoms with E-state index in [4.69, 9.17) is 16.3 Å². The maximum absolute atomic E-state index is 6.41. The van der Waals surface area contributed by atoms with Crippen LogP contribution in [-0.4, -0.2) is 20.2 Å². The summed E-state index contributed by atoms with van der Waals surface area (Å²) in [7, 11) is 1.73. The van der Waals surface area contributed by atoms with E-state index in [0.717, 1.165) is 35.8 Å². The van der Waals surface area contributed by atoms with Crippen molar-refractivity contribution in [3.05, 3.63) is 27.8 Å². The Hall–Kier alpha value is -0.730. The van der Waals surface area contributed by atoms with Gasteiger partial charge in [-0.15, -0.1) is 0 Å². The first kappa shape index (κ1) is 13.7. The Kier molecular flexibility index (Phi) is 4.52. The molecular formula is C15H22ClNO. The van der Waals surface area contributed by atoms with Crippen LogP contribution in [0.25, 0.3) is 0 Å². The molecule has 2 nitrogen and oxygen atoms in total. The van der Waals surface area contributed by atoms with Gasteiger partial charge in [0.1, 0.15) is 5.75 Å². The average Bonchev–Trinajstić information content (AvgIpc) is 2.36. The summed E-state index contributed by atoms with van der Waals surface area (Å²) < 4.78 is 5.49. The molecule has 0 aromatic heterocycles. The minimum Gasteiger partial charge on any atom is -0.496 e. The molecule has 0 bridgehead atoms. The summed E-state index contributed by atoms with van der Waals surface area (Å²) in [4.78, 5) is 0. The Morgan fingerprint density at radius 1 is 1.44 bits per heavy atom. The van der Waals surface area contributed by atoms with Gasteiger partial charge in [-0.1, -0.05) is 11.6 Å². The predicted octanol–water partition coefficient (Wildman–Crippen LogP) is 3.51. The summed E-state index contributed by atoms with van der Waals surface area (Å²) >= 11 is 6.41. The van der Waals surface area contributed by atoms with Crippen molar-refractivity contribution in [3.8, 4) is 5.75 Å². The largest absolute Gasteiger partial charge is 0.496 e. The molecule has 1 fully saturated rings. The SMILES string of the molecule is COc1c(C)cc(Cl)c(CC2CCCNC2)c1C. The van der Waals surface area contributed by atoms with Gasteiger partial charge in [-0.2, -0.15) is 0 Å². The van der Waals surface area contributed by atoms with Crippen LogP contribution in [0.3, 0.4) is 0 Å². The highest BCUT2D eigenvalue weighted by Crippen LogP contribution is 2.34. The number of benzene rings is 1. The Morgan fingerprint density at radius 2 is 2.22 bits per heavy atom. The van der Waals surface area contributed by atoms with Crippen molar-refractivity contribution in [2.45, 2.75) is 33.1 Å². The zero-order valence-electron chi connectivity index (χ0n) is 11.5. The van der Waals surface area contributed by atoms with Crippen molar-refractivity contribution in [2.24, 2.45) is 5.92 Å². The van der Waals surface area contributed by atoms with Crippen LogP contribution in [0, 0.1) is 19.8 Å². The van der Waals surface area contributed by atoms with Crippen LogP contribution in [0.15, 0.2) is 6.07 Å². The van der Waals surface area contributed by atoms with E-state index in [1.807, 2.05) is 13.0 Å². The maximum atomic E-state index is 6.41. The van der Waals surface area contributed by atoms with Crippen molar-refractivity contribution in [2.75, 3.05) is 20.2 Å². The molecule has 0 radical (unpaired) electrons. The second kappa shape index (κ2) is 5.94. The van der Waals surface area contributed by atoms with Crippen molar-refractivity contribution in [1.82, 2.24) is 5.32 Å². The zero-order chi connectivity index (χ0) is 13.1. The lowest BCUT2D eigenvalue weighted by Crippen LogP contribution is -2.31. The van der Waals surface area contributed by atoms with Gasteiger partial charge in [0.15, 0.2) is 0 Å². The predicted molar refractivity (Wildman–Crippen MR) is 76.8 cm³/mol. The zero-order valence-corrected chi connectivity index (χ0v) is 12.2. The number of nitrogens with one attached hydrogen (secondary N) is 1. The van der Waals surface area contributed by atoms with Gasteiger partial charge in [-0.3, -0.25) is 0 Å². The first-order valence-corrected chi connectivity index (χ1v) is 7.04. The van der Waals surface area contributed by atoms with E-state index in [1.165, 1.54) is 24.0 Å². The van der Waals surface area contributed by atoms with Crippen molar-refractivity contribution in [1.29, 1.82) is 0 Å². The quantitative estimate of drug-likeness (QED) is 0.905. The molecule has 0 saturated carbocycles. The minimum absolute atomic E-state index is 0.697. The van der Waals surface area contributed by atoms with Crippen LogP contribution in [0.4, 0.5) is 0 Å². The van der Waals surface area contributed by atoms with E-state index in [9.17, 15) is 0 Å². The lowest BCUT2D eigenvalue weighted by Gasteiger charge is -2.24. The molecule has 1 unspecified atom stereocenters. The fraction of sp³-hybridized carbons (Fsp3) is 0.600. The van der Waals surface area contributed by atoms with E-state index >= 15 is 0 Å². The highest BCUT2D eigenvalue weighted by Gasteiger charge is 2.19. The molecule has 0 amide bonds. The van der Waals surface area contributed by atoms with Gasteiger partial charge in [0.05, 0.1) is 7.11 Å². The minimum atomic E-state index is 0.697. The topological polar surface area (TPSA) is 21.3 Å². The molecule has 1 aliphatic rings. The number of hydrogen-bond acceptors (Lipinski definition) is 2. The molecule has 100 valence electrons. The average molecular weight is 268 g/mol. The molecule has 1 aromatic carbocycles. The molecule has 2 rings (SSSR count). The second-order valence-corrected chi connectivity index (χ2v) is 5.64. The Morgan fingerprint density at radius 3 is 2.83 bits per heavy atom. The third kappa shape index (κ3) is 2.81. The number of rotatable bonds is 3. The summed E-state index contributed by atoms with van der Waals surface area (Å²) in [6.45, 7) is 6.42. The fourth-order valence-corrected chi connectivity index (χ4v) is 3.29. The lowest BCUT2D eigenvalue weighted by molar-refractivity contribution is 0.373. The Bertz CT molecular complexity index is 425. The first-order chi connectivity index (χ1) is 8.63. The number of piperidine rings is 1. The van der Waals surface area contributed by atoms with Gasteiger partial charge in [0.25, 0.3) is 0 Å². The molecule has 0 aliphatic carbocycles. The van der Waals surface area contributed by atoms with Gasteiger partial charge in [0.2, 0.25) is 0 Å². The highest BCUT2D eigenvalue weighted by molar-refractivity contribution is 6.31. The fourth-order valence-electron chi connectivity index (χ4n) is 2.91. The lowest BCUT2D eigenvalue weighted by atomic mass is 9.89. The number of ether oxygens (including phenoxy) is 1. The van der Waals surface area contributed by atoms with Crippen LogP contribution in [0.5, 0.6) is 5.75 Å². The van der Waals surface area contributed by atoms with E-state index < -0.39 is 0 Å². The smallest absolute Gasteiger partial charge is 0.125 e. The molecule has 0 spiro atoms. The molecule has 1 aromatic rings. The van der Waals surface area contributed by atoms with E-state index in [2.05, 4.69) is 12.2 Å². The maximum Gasteiger partial charge on any atom is 0.125 e. The molecule has 1 N–H and O–H groups in total. The number of halogens is 1. The van der Waals surface area contributed by atoms with Crippen LogP contribution in [-0.2, 0) is 6.42 Å². The molecule has 18 heavy (non-hydrogen) atoms. The van der Waals surface area contributed by atoms with E-state index in [1.54, 1.807) is 7.11 Å². The van der Waals surface area contributed by atoms with Crippen molar-refractivity contribution >= 4 is 11.6 Å². The van der Waals surface area contributed by atoms with Crippen LogP contribution in [0.2, 0.25) is 5.02 Å². The Balaban J connectivity index is 2.26. The summed E-state index contributed by atoms with van der Waals surface area (Å²) in [5.41, 5.74) is 3.58. The number of aryl methyl sites for hydroxylation is 1. The molecule has 1 atom stereocenters. The molecule has 3 heteroatoms. The van der Waals surface area contributed by atoms with E-state index in [0.29, 0.717) is 5.92 Å². The van der Waals surface area contributed by atoms with Gasteiger partial charge in [-0.05, 0) is 74.9 Å². The number of methoxy groups -OCH3 is 1. The molecule has 1 saturated heterocycles. The molecular weight excluding hydrogens is 246 g/mol. The Labute approximate surface area is 115 Å². The van der Waals surface area contributed by atoms with Crippen molar-refractivity contribution < 1.29 is 4.74 Å². The molecule has 1 aliphatic heterocycles. The third-order valence-electron chi connectivity index (χ3n) is 3.88. The number of hydrogen-bond donors (Lipinski definition) is 1. The van der Waals surface area contributed by atoms with Gasteiger partial charge in [0, 0.05) is 5.02 Å². The standard InChI is InChI=1S/C15H22ClNO/c1-10-7-14(16)13(11(2)15(10)18-3)8-12-5-4-6-17-9-12/h7,12,17H,4-6,8-9H2,1-3H3. The van der Waals surface area contributed by atoms with E-state index in [-0.39, 0.29) is 0 Å². The van der Waals surface area contributed by atoms with Gasteiger partial charge >= 0.3 is 0 Å².